The Bertz CT molecular complexity index is 375. The molecule has 0 spiro atoms. The average Bonchev–Trinajstić information content (AvgIpc) is 2.87. The summed E-state index contributed by atoms with van der Waals surface area (Å²) in [5.74, 6) is 0.0991. The third-order valence-electron chi connectivity index (χ3n) is 3.08. The summed E-state index contributed by atoms with van der Waals surface area (Å²) >= 11 is 0. The Balaban J connectivity index is 1.73. The Morgan fingerprint density at radius 3 is 3.00 bits per heavy atom. The Kier molecular flexibility index (Phi) is 4.96. The molecule has 1 aliphatic heterocycles. The molecule has 1 saturated heterocycles. The molecular formula is C14H19FO3. The molecule has 1 aromatic carbocycles. The van der Waals surface area contributed by atoms with Crippen molar-refractivity contribution in [3.63, 3.8) is 0 Å². The van der Waals surface area contributed by atoms with Crippen LogP contribution in [-0.4, -0.2) is 24.4 Å². The highest BCUT2D eigenvalue weighted by Gasteiger charge is 2.14. The van der Waals surface area contributed by atoms with Crippen LogP contribution in [0.2, 0.25) is 0 Å². The Labute approximate surface area is 107 Å². The van der Waals surface area contributed by atoms with Crippen molar-refractivity contribution in [3.8, 4) is 5.75 Å². The fourth-order valence-corrected chi connectivity index (χ4v) is 2.17. The molecule has 0 saturated carbocycles. The molecule has 1 aromatic rings. The molecule has 1 atom stereocenters. The van der Waals surface area contributed by atoms with Gasteiger partial charge in [0.15, 0.2) is 0 Å². The van der Waals surface area contributed by atoms with Crippen molar-refractivity contribution in [1.29, 1.82) is 0 Å². The van der Waals surface area contributed by atoms with Crippen molar-refractivity contribution in [1.82, 2.24) is 0 Å². The number of hydrogen-bond donors (Lipinski definition) is 1. The molecule has 1 N–H and O–H groups in total. The van der Waals surface area contributed by atoms with Crippen molar-refractivity contribution >= 4 is 0 Å². The summed E-state index contributed by atoms with van der Waals surface area (Å²) in [5.41, 5.74) is 0.532. The average molecular weight is 254 g/mol. The number of aliphatic hydroxyl groups is 1. The molecule has 1 unspecified atom stereocenters. The van der Waals surface area contributed by atoms with E-state index in [2.05, 4.69) is 0 Å². The Morgan fingerprint density at radius 2 is 2.28 bits per heavy atom. The fourth-order valence-electron chi connectivity index (χ4n) is 2.17. The zero-order valence-corrected chi connectivity index (χ0v) is 10.4. The molecule has 1 heterocycles. The highest BCUT2D eigenvalue weighted by atomic mass is 19.1. The predicted octanol–water partition coefficient (Wildman–Crippen LogP) is 2.66. The summed E-state index contributed by atoms with van der Waals surface area (Å²) < 4.78 is 24.2. The van der Waals surface area contributed by atoms with Gasteiger partial charge in [0, 0.05) is 12.7 Å². The minimum atomic E-state index is -0.379. The molecule has 18 heavy (non-hydrogen) atoms. The first kappa shape index (κ1) is 13.3. The van der Waals surface area contributed by atoms with E-state index in [1.807, 2.05) is 0 Å². The van der Waals surface area contributed by atoms with E-state index in [1.165, 1.54) is 12.1 Å². The fraction of sp³-hybridized carbons (Fsp3) is 0.571. The minimum Gasteiger partial charge on any atom is -0.493 e. The van der Waals surface area contributed by atoms with Crippen molar-refractivity contribution in [2.24, 2.45) is 0 Å². The summed E-state index contributed by atoms with van der Waals surface area (Å²) in [4.78, 5) is 0. The van der Waals surface area contributed by atoms with Crippen LogP contribution in [0.15, 0.2) is 18.2 Å². The topological polar surface area (TPSA) is 38.7 Å². The molecular weight excluding hydrogens is 235 g/mol. The minimum absolute atomic E-state index is 0.177. The van der Waals surface area contributed by atoms with Crippen LogP contribution in [0.3, 0.4) is 0 Å². The molecule has 2 rings (SSSR count). The van der Waals surface area contributed by atoms with Crippen molar-refractivity contribution in [2.45, 2.75) is 38.4 Å². The van der Waals surface area contributed by atoms with Crippen molar-refractivity contribution in [2.75, 3.05) is 13.2 Å². The van der Waals surface area contributed by atoms with Crippen molar-refractivity contribution in [3.05, 3.63) is 29.6 Å². The second-order valence-corrected chi connectivity index (χ2v) is 4.58. The smallest absolute Gasteiger partial charge is 0.127 e. The molecule has 0 aromatic heterocycles. The van der Waals surface area contributed by atoms with Crippen LogP contribution in [0.5, 0.6) is 5.75 Å². The van der Waals surface area contributed by atoms with E-state index in [0.717, 1.165) is 32.3 Å². The lowest BCUT2D eigenvalue weighted by Gasteiger charge is -2.10. The van der Waals surface area contributed by atoms with Gasteiger partial charge in [0.25, 0.3) is 0 Å². The molecule has 3 nitrogen and oxygen atoms in total. The highest BCUT2D eigenvalue weighted by Crippen LogP contribution is 2.19. The first-order chi connectivity index (χ1) is 8.78. The van der Waals surface area contributed by atoms with Gasteiger partial charge < -0.3 is 14.6 Å². The van der Waals surface area contributed by atoms with Crippen LogP contribution in [0.4, 0.5) is 4.39 Å². The SMILES string of the molecule is OCc1cc(F)cc(OCCCC2CCCO2)c1. The van der Waals surface area contributed by atoms with Gasteiger partial charge in [-0.25, -0.2) is 4.39 Å². The zero-order valence-electron chi connectivity index (χ0n) is 10.4. The van der Waals surface area contributed by atoms with Gasteiger partial charge in [-0.1, -0.05) is 0 Å². The molecule has 1 fully saturated rings. The Morgan fingerprint density at radius 1 is 1.39 bits per heavy atom. The largest absolute Gasteiger partial charge is 0.493 e. The lowest BCUT2D eigenvalue weighted by Crippen LogP contribution is -2.07. The van der Waals surface area contributed by atoms with Gasteiger partial charge in [0.1, 0.15) is 11.6 Å². The van der Waals surface area contributed by atoms with Gasteiger partial charge in [-0.15, -0.1) is 0 Å². The number of halogens is 1. The standard InChI is InChI=1S/C14H19FO3/c15-12-7-11(10-16)8-14(9-12)18-6-2-4-13-3-1-5-17-13/h7-9,13,16H,1-6,10H2. The lowest BCUT2D eigenvalue weighted by atomic mass is 10.1. The summed E-state index contributed by atoms with van der Waals surface area (Å²) in [5, 5.41) is 8.96. The second-order valence-electron chi connectivity index (χ2n) is 4.58. The molecule has 0 aliphatic carbocycles. The van der Waals surface area contributed by atoms with E-state index in [0.29, 0.717) is 24.0 Å². The van der Waals surface area contributed by atoms with Gasteiger partial charge >= 0.3 is 0 Å². The van der Waals surface area contributed by atoms with E-state index in [-0.39, 0.29) is 12.4 Å². The van der Waals surface area contributed by atoms with Crippen molar-refractivity contribution < 1.29 is 19.0 Å². The maximum Gasteiger partial charge on any atom is 0.127 e. The van der Waals surface area contributed by atoms with Gasteiger partial charge in [0.2, 0.25) is 0 Å². The lowest BCUT2D eigenvalue weighted by molar-refractivity contribution is 0.0981. The van der Waals surface area contributed by atoms with E-state index >= 15 is 0 Å². The van der Waals surface area contributed by atoms with Crippen LogP contribution in [-0.2, 0) is 11.3 Å². The molecule has 0 radical (unpaired) electrons. The maximum absolute atomic E-state index is 13.2. The first-order valence-corrected chi connectivity index (χ1v) is 6.42. The molecule has 100 valence electrons. The number of rotatable bonds is 6. The molecule has 4 heteroatoms. The van der Waals surface area contributed by atoms with Gasteiger partial charge in [0.05, 0.1) is 19.3 Å². The summed E-state index contributed by atoms with van der Waals surface area (Å²) in [6.45, 7) is 1.24. The van der Waals surface area contributed by atoms with Crippen LogP contribution in [0, 0.1) is 5.82 Å². The monoisotopic (exact) mass is 254 g/mol. The summed E-state index contributed by atoms with van der Waals surface area (Å²) in [7, 11) is 0. The molecule has 0 bridgehead atoms. The molecule has 1 aliphatic rings. The number of benzene rings is 1. The van der Waals surface area contributed by atoms with Crippen LogP contribution < -0.4 is 4.74 Å². The first-order valence-electron chi connectivity index (χ1n) is 6.42. The van der Waals surface area contributed by atoms with E-state index in [1.54, 1.807) is 6.07 Å². The van der Waals surface area contributed by atoms with E-state index < -0.39 is 0 Å². The normalized spacial score (nSPS) is 19.1. The number of aliphatic hydroxyl groups excluding tert-OH is 1. The summed E-state index contributed by atoms with van der Waals surface area (Å²) in [6.07, 6.45) is 4.54. The van der Waals surface area contributed by atoms with Crippen LogP contribution >= 0.6 is 0 Å². The van der Waals surface area contributed by atoms with Crippen LogP contribution in [0.1, 0.15) is 31.2 Å². The number of ether oxygens (including phenoxy) is 2. The maximum atomic E-state index is 13.2. The Hall–Kier alpha value is -1.13. The number of hydrogen-bond acceptors (Lipinski definition) is 3. The highest BCUT2D eigenvalue weighted by molar-refractivity contribution is 5.29. The third kappa shape index (κ3) is 3.96. The van der Waals surface area contributed by atoms with E-state index in [4.69, 9.17) is 14.6 Å². The second kappa shape index (κ2) is 6.71. The van der Waals surface area contributed by atoms with E-state index in [9.17, 15) is 4.39 Å². The van der Waals surface area contributed by atoms with Crippen LogP contribution in [0.25, 0.3) is 0 Å². The van der Waals surface area contributed by atoms with Gasteiger partial charge in [-0.2, -0.15) is 0 Å². The van der Waals surface area contributed by atoms with Gasteiger partial charge in [-0.3, -0.25) is 0 Å². The predicted molar refractivity (Wildman–Crippen MR) is 66.0 cm³/mol. The van der Waals surface area contributed by atoms with Gasteiger partial charge in [-0.05, 0) is 43.4 Å². The molecule has 0 amide bonds. The zero-order chi connectivity index (χ0) is 12.8. The third-order valence-corrected chi connectivity index (χ3v) is 3.08. The quantitative estimate of drug-likeness (QED) is 0.793. The summed E-state index contributed by atoms with van der Waals surface area (Å²) in [6, 6.07) is 4.31.